The number of hydrogen-bond donors (Lipinski definition) is 1. The van der Waals surface area contributed by atoms with Crippen LogP contribution in [-0.4, -0.2) is 71.1 Å². The van der Waals surface area contributed by atoms with Gasteiger partial charge in [0, 0.05) is 32.2 Å². The van der Waals surface area contributed by atoms with Crippen LogP contribution in [0.15, 0.2) is 0 Å². The van der Waals surface area contributed by atoms with Crippen LogP contribution in [0.1, 0.15) is 27.7 Å². The third-order valence-corrected chi connectivity index (χ3v) is 3.20. The van der Waals surface area contributed by atoms with E-state index in [1.54, 1.807) is 27.7 Å². The molecule has 21 heavy (non-hydrogen) atoms. The molecular formula is C13H23F3N2O3. The van der Waals surface area contributed by atoms with Crippen molar-refractivity contribution in [2.75, 3.05) is 26.2 Å². The van der Waals surface area contributed by atoms with E-state index in [4.69, 9.17) is 9.84 Å². The molecule has 0 saturated carbocycles. The van der Waals surface area contributed by atoms with E-state index in [0.717, 1.165) is 0 Å². The lowest BCUT2D eigenvalue weighted by atomic mass is 10.1. The molecule has 1 saturated heterocycles. The topological polar surface area (TPSA) is 53.0 Å². The molecule has 0 aromatic carbocycles. The predicted octanol–water partition coefficient (Wildman–Crippen LogP) is 1.85. The first-order valence-corrected chi connectivity index (χ1v) is 6.87. The lowest BCUT2D eigenvalue weighted by Crippen LogP contribution is -2.57. The lowest BCUT2D eigenvalue weighted by Gasteiger charge is -2.40. The van der Waals surface area contributed by atoms with Crippen LogP contribution in [0.5, 0.6) is 0 Å². The summed E-state index contributed by atoms with van der Waals surface area (Å²) in [5, 5.41) is 9.11. The monoisotopic (exact) mass is 312 g/mol. The number of nitrogens with zero attached hydrogens (tertiary/aromatic N) is 2. The highest BCUT2D eigenvalue weighted by atomic mass is 19.4. The second-order valence-corrected chi connectivity index (χ2v) is 6.33. The van der Waals surface area contributed by atoms with Crippen molar-refractivity contribution in [2.45, 2.75) is 51.6 Å². The number of halogens is 3. The van der Waals surface area contributed by atoms with Crippen molar-refractivity contribution in [3.05, 3.63) is 0 Å². The van der Waals surface area contributed by atoms with Gasteiger partial charge in [0.2, 0.25) is 0 Å². The summed E-state index contributed by atoms with van der Waals surface area (Å²) >= 11 is 0. The molecule has 1 fully saturated rings. The number of ether oxygens (including phenoxy) is 1. The Kier molecular flexibility index (Phi) is 5.49. The second-order valence-electron chi connectivity index (χ2n) is 6.33. The van der Waals surface area contributed by atoms with E-state index >= 15 is 0 Å². The highest BCUT2D eigenvalue weighted by molar-refractivity contribution is 5.68. The van der Waals surface area contributed by atoms with Gasteiger partial charge in [-0.05, 0) is 27.7 Å². The zero-order chi connectivity index (χ0) is 16.4. The van der Waals surface area contributed by atoms with Crippen LogP contribution in [0.3, 0.4) is 0 Å². The third-order valence-electron chi connectivity index (χ3n) is 3.20. The summed E-state index contributed by atoms with van der Waals surface area (Å²) in [5.74, 6) is 0. The Morgan fingerprint density at radius 3 is 2.33 bits per heavy atom. The molecule has 0 unspecified atom stereocenters. The Hall–Kier alpha value is -1.02. The number of aliphatic hydroxyl groups is 1. The number of piperazine rings is 1. The molecule has 0 spiro atoms. The molecule has 0 aromatic rings. The number of rotatable bonds is 2. The number of amides is 1. The zero-order valence-corrected chi connectivity index (χ0v) is 12.8. The maximum absolute atomic E-state index is 12.4. The van der Waals surface area contributed by atoms with Gasteiger partial charge in [0.05, 0.1) is 0 Å². The first kappa shape index (κ1) is 18.0. The van der Waals surface area contributed by atoms with Gasteiger partial charge >= 0.3 is 12.3 Å². The van der Waals surface area contributed by atoms with Crippen LogP contribution in [0.4, 0.5) is 18.0 Å². The fourth-order valence-electron chi connectivity index (χ4n) is 2.08. The van der Waals surface area contributed by atoms with E-state index in [1.165, 1.54) is 9.80 Å². The smallest absolute Gasteiger partial charge is 0.415 e. The number of carbonyl (C=O) groups is 1. The summed E-state index contributed by atoms with van der Waals surface area (Å²) in [7, 11) is 0. The average molecular weight is 312 g/mol. The molecule has 1 aliphatic heterocycles. The number of alkyl halides is 3. The molecule has 0 aromatic heterocycles. The lowest BCUT2D eigenvalue weighted by molar-refractivity contribution is -0.210. The van der Waals surface area contributed by atoms with Gasteiger partial charge in [-0.3, -0.25) is 4.90 Å². The van der Waals surface area contributed by atoms with Crippen LogP contribution in [0.25, 0.3) is 0 Å². The van der Waals surface area contributed by atoms with Gasteiger partial charge in [-0.25, -0.2) is 4.79 Å². The largest absolute Gasteiger partial charge is 0.444 e. The Morgan fingerprint density at radius 2 is 1.90 bits per heavy atom. The van der Waals surface area contributed by atoms with Gasteiger partial charge in [-0.2, -0.15) is 13.2 Å². The molecule has 0 aliphatic carbocycles. The first-order chi connectivity index (χ1) is 9.40. The minimum atomic E-state index is -4.62. The van der Waals surface area contributed by atoms with Crippen molar-refractivity contribution in [3.63, 3.8) is 0 Å². The Labute approximate surface area is 122 Å². The maximum Gasteiger partial charge on any atom is 0.415 e. The van der Waals surface area contributed by atoms with E-state index in [-0.39, 0.29) is 25.7 Å². The van der Waals surface area contributed by atoms with Crippen molar-refractivity contribution < 1.29 is 27.8 Å². The van der Waals surface area contributed by atoms with E-state index < -0.39 is 30.5 Å². The third kappa shape index (κ3) is 5.70. The van der Waals surface area contributed by atoms with Gasteiger partial charge in [0.15, 0.2) is 6.10 Å². The molecular weight excluding hydrogens is 289 g/mol. The molecule has 1 aliphatic rings. The van der Waals surface area contributed by atoms with Crippen LogP contribution in [0, 0.1) is 0 Å². The van der Waals surface area contributed by atoms with Crippen LogP contribution < -0.4 is 0 Å². The fraction of sp³-hybridized carbons (Fsp3) is 0.923. The number of β-amino-alcohol motifs (C(OH)–C–C–N with tert-alkyl or cyclic N) is 1. The fourth-order valence-corrected chi connectivity index (χ4v) is 2.08. The zero-order valence-electron chi connectivity index (χ0n) is 12.8. The highest BCUT2D eigenvalue weighted by Crippen LogP contribution is 2.22. The van der Waals surface area contributed by atoms with Crippen LogP contribution in [-0.2, 0) is 4.74 Å². The van der Waals surface area contributed by atoms with E-state index in [9.17, 15) is 18.0 Å². The number of hydrogen-bond acceptors (Lipinski definition) is 4. The van der Waals surface area contributed by atoms with Gasteiger partial charge < -0.3 is 14.7 Å². The first-order valence-electron chi connectivity index (χ1n) is 6.87. The van der Waals surface area contributed by atoms with Gasteiger partial charge in [0.1, 0.15) is 5.60 Å². The number of aliphatic hydroxyl groups excluding tert-OH is 1. The molecule has 8 heteroatoms. The summed E-state index contributed by atoms with van der Waals surface area (Å²) in [4.78, 5) is 14.9. The van der Waals surface area contributed by atoms with Crippen LogP contribution >= 0.6 is 0 Å². The summed E-state index contributed by atoms with van der Waals surface area (Å²) in [5.41, 5.74) is -0.607. The Balaban J connectivity index is 2.53. The van der Waals surface area contributed by atoms with Gasteiger partial charge in [0.25, 0.3) is 0 Å². The minimum Gasteiger partial charge on any atom is -0.444 e. The van der Waals surface area contributed by atoms with Gasteiger partial charge in [-0.1, -0.05) is 0 Å². The summed E-state index contributed by atoms with van der Waals surface area (Å²) in [6.45, 7) is 7.34. The summed E-state index contributed by atoms with van der Waals surface area (Å²) in [6, 6.07) is -0.275. The van der Waals surface area contributed by atoms with Crippen molar-refractivity contribution in [3.8, 4) is 0 Å². The normalized spacial score (nSPS) is 23.0. The van der Waals surface area contributed by atoms with E-state index in [1.807, 2.05) is 0 Å². The van der Waals surface area contributed by atoms with Crippen molar-refractivity contribution in [1.82, 2.24) is 9.80 Å². The van der Waals surface area contributed by atoms with Crippen molar-refractivity contribution in [2.24, 2.45) is 0 Å². The molecule has 0 radical (unpaired) electrons. The average Bonchev–Trinajstić information content (AvgIpc) is 2.28. The maximum atomic E-state index is 12.4. The van der Waals surface area contributed by atoms with Gasteiger partial charge in [-0.15, -0.1) is 0 Å². The van der Waals surface area contributed by atoms with Crippen molar-refractivity contribution in [1.29, 1.82) is 0 Å². The van der Waals surface area contributed by atoms with E-state index in [0.29, 0.717) is 0 Å². The van der Waals surface area contributed by atoms with Crippen molar-refractivity contribution >= 4 is 6.09 Å². The second kappa shape index (κ2) is 6.39. The SMILES string of the molecule is C[C@@H]1CN(C(=O)OC(C)(C)C)CCN1C[C@H](O)C(F)(F)F. The predicted molar refractivity (Wildman–Crippen MR) is 70.9 cm³/mol. The molecule has 1 N–H and O–H groups in total. The molecule has 1 heterocycles. The minimum absolute atomic E-state index is 0.271. The molecule has 1 amide bonds. The molecule has 1 rings (SSSR count). The quantitative estimate of drug-likeness (QED) is 0.845. The Morgan fingerprint density at radius 1 is 1.33 bits per heavy atom. The summed E-state index contributed by atoms with van der Waals surface area (Å²) in [6.07, 6.45) is -7.46. The van der Waals surface area contributed by atoms with Crippen LogP contribution in [0.2, 0.25) is 0 Å². The Bertz CT molecular complexity index is 369. The molecule has 124 valence electrons. The standard InChI is InChI=1S/C13H23F3N2O3/c1-9-7-18(11(20)21-12(2,3)4)6-5-17(9)8-10(19)13(14,15)16/h9-10,19H,5-8H2,1-4H3/t9-,10+/m1/s1. The van der Waals surface area contributed by atoms with E-state index in [2.05, 4.69) is 0 Å². The summed E-state index contributed by atoms with van der Waals surface area (Å²) < 4.78 is 42.3. The highest BCUT2D eigenvalue weighted by Gasteiger charge is 2.41. The number of carbonyl (C=O) groups excluding carboxylic acids is 1. The molecule has 5 nitrogen and oxygen atoms in total. The molecule has 0 bridgehead atoms. The molecule has 2 atom stereocenters.